The van der Waals surface area contributed by atoms with Gasteiger partial charge in [0.25, 0.3) is 5.91 Å². The van der Waals surface area contributed by atoms with Gasteiger partial charge in [-0.05, 0) is 6.92 Å². The summed E-state index contributed by atoms with van der Waals surface area (Å²) in [5.41, 5.74) is 0. The van der Waals surface area contributed by atoms with E-state index in [1.807, 2.05) is 0 Å². The number of likely N-dealkylation sites (N-methyl/N-ethyl adjacent to an activating group) is 1. The lowest BCUT2D eigenvalue weighted by Gasteiger charge is -2.20. The summed E-state index contributed by atoms with van der Waals surface area (Å²) in [4.78, 5) is 24.0. The van der Waals surface area contributed by atoms with Crippen molar-refractivity contribution in [3.63, 3.8) is 0 Å². The molecule has 0 aliphatic carbocycles. The molecule has 1 aliphatic heterocycles. The molecule has 6 heteroatoms. The summed E-state index contributed by atoms with van der Waals surface area (Å²) in [5, 5.41) is 0. The molecule has 16 heavy (non-hydrogen) atoms. The minimum Gasteiger partial charge on any atom is -0.494 e. The second kappa shape index (κ2) is 5.99. The Hall–Kier alpha value is -1.72. The van der Waals surface area contributed by atoms with Gasteiger partial charge in [0.1, 0.15) is 26.0 Å². The maximum absolute atomic E-state index is 11.7. The van der Waals surface area contributed by atoms with Crippen molar-refractivity contribution in [3.8, 4) is 0 Å². The van der Waals surface area contributed by atoms with Crippen molar-refractivity contribution in [1.29, 1.82) is 0 Å². The van der Waals surface area contributed by atoms with E-state index < -0.39 is 11.9 Å². The molecule has 0 saturated heterocycles. The van der Waals surface area contributed by atoms with Gasteiger partial charge >= 0.3 is 5.97 Å². The SMILES string of the molecule is CCOC(=O)CN(C)C(=O)C1=COCCO1. The van der Waals surface area contributed by atoms with E-state index in [0.717, 1.165) is 0 Å². The number of carbonyl (C=O) groups is 2. The number of amides is 1. The number of hydrogen-bond acceptors (Lipinski definition) is 5. The number of nitrogens with zero attached hydrogens (tertiary/aromatic N) is 1. The summed E-state index contributed by atoms with van der Waals surface area (Å²) in [5.74, 6) is -0.735. The van der Waals surface area contributed by atoms with E-state index in [-0.39, 0.29) is 12.3 Å². The van der Waals surface area contributed by atoms with E-state index in [9.17, 15) is 9.59 Å². The summed E-state index contributed by atoms with van der Waals surface area (Å²) in [7, 11) is 1.50. The predicted octanol–water partition coefficient (Wildman–Crippen LogP) is -0.104. The second-order valence-corrected chi connectivity index (χ2v) is 3.17. The van der Waals surface area contributed by atoms with E-state index in [4.69, 9.17) is 14.2 Å². The van der Waals surface area contributed by atoms with E-state index in [1.54, 1.807) is 6.92 Å². The van der Waals surface area contributed by atoms with Gasteiger partial charge in [-0.25, -0.2) is 0 Å². The standard InChI is InChI=1S/C10H15NO5/c1-3-15-9(12)6-11(2)10(13)8-7-14-4-5-16-8/h7H,3-6H2,1-2H3. The third-order valence-corrected chi connectivity index (χ3v) is 1.88. The van der Waals surface area contributed by atoms with E-state index in [1.165, 1.54) is 18.2 Å². The lowest BCUT2D eigenvalue weighted by atomic mass is 10.4. The molecule has 0 aromatic heterocycles. The molecule has 0 radical (unpaired) electrons. The molecule has 0 saturated carbocycles. The summed E-state index contributed by atoms with van der Waals surface area (Å²) in [6.45, 7) is 2.67. The first kappa shape index (κ1) is 12.4. The quantitative estimate of drug-likeness (QED) is 0.630. The predicted molar refractivity (Wildman–Crippen MR) is 54.3 cm³/mol. The van der Waals surface area contributed by atoms with Crippen LogP contribution in [-0.2, 0) is 23.8 Å². The van der Waals surface area contributed by atoms with Crippen LogP contribution in [-0.4, -0.2) is 50.2 Å². The van der Waals surface area contributed by atoms with Crippen LogP contribution in [0.5, 0.6) is 0 Å². The molecule has 1 heterocycles. The van der Waals surface area contributed by atoms with Crippen LogP contribution in [0.1, 0.15) is 6.92 Å². The van der Waals surface area contributed by atoms with Crippen molar-refractivity contribution in [1.82, 2.24) is 4.90 Å². The third-order valence-electron chi connectivity index (χ3n) is 1.88. The Bertz CT molecular complexity index is 300. The molecule has 0 N–H and O–H groups in total. The van der Waals surface area contributed by atoms with E-state index in [2.05, 4.69) is 0 Å². The Labute approximate surface area is 93.8 Å². The highest BCUT2D eigenvalue weighted by Gasteiger charge is 2.21. The zero-order valence-electron chi connectivity index (χ0n) is 9.39. The second-order valence-electron chi connectivity index (χ2n) is 3.17. The van der Waals surface area contributed by atoms with Gasteiger partial charge in [-0.2, -0.15) is 0 Å². The molecule has 1 aliphatic rings. The van der Waals surface area contributed by atoms with Gasteiger partial charge in [0.2, 0.25) is 5.76 Å². The van der Waals surface area contributed by atoms with E-state index >= 15 is 0 Å². The number of esters is 1. The van der Waals surface area contributed by atoms with Gasteiger partial charge in [0.15, 0.2) is 0 Å². The minimum atomic E-state index is -0.448. The van der Waals surface area contributed by atoms with Crippen molar-refractivity contribution >= 4 is 11.9 Å². The van der Waals surface area contributed by atoms with Gasteiger partial charge < -0.3 is 19.1 Å². The lowest BCUT2D eigenvalue weighted by Crippen LogP contribution is -2.35. The summed E-state index contributed by atoms with van der Waals surface area (Å²) in [6.07, 6.45) is 1.26. The first-order valence-electron chi connectivity index (χ1n) is 5.00. The van der Waals surface area contributed by atoms with Crippen LogP contribution >= 0.6 is 0 Å². The van der Waals surface area contributed by atoms with Crippen molar-refractivity contribution in [2.45, 2.75) is 6.92 Å². The van der Waals surface area contributed by atoms with Crippen LogP contribution < -0.4 is 0 Å². The maximum atomic E-state index is 11.7. The molecular weight excluding hydrogens is 214 g/mol. The number of rotatable bonds is 4. The highest BCUT2D eigenvalue weighted by molar-refractivity contribution is 5.93. The summed E-state index contributed by atoms with van der Waals surface area (Å²) >= 11 is 0. The monoisotopic (exact) mass is 229 g/mol. The Kier molecular flexibility index (Phi) is 4.63. The lowest BCUT2D eigenvalue weighted by molar-refractivity contribution is -0.148. The minimum absolute atomic E-state index is 0.104. The molecule has 6 nitrogen and oxygen atoms in total. The number of hydrogen-bond donors (Lipinski definition) is 0. The van der Waals surface area contributed by atoms with Gasteiger partial charge in [-0.1, -0.05) is 0 Å². The third kappa shape index (κ3) is 3.45. The molecule has 0 bridgehead atoms. The van der Waals surface area contributed by atoms with Crippen LogP contribution in [0.4, 0.5) is 0 Å². The molecule has 1 amide bonds. The van der Waals surface area contributed by atoms with E-state index in [0.29, 0.717) is 19.8 Å². The fourth-order valence-electron chi connectivity index (χ4n) is 1.14. The highest BCUT2D eigenvalue weighted by Crippen LogP contribution is 2.07. The van der Waals surface area contributed by atoms with Crippen LogP contribution in [0.3, 0.4) is 0 Å². The Balaban J connectivity index is 2.46. The Morgan fingerprint density at radius 1 is 1.50 bits per heavy atom. The molecule has 0 unspecified atom stereocenters. The maximum Gasteiger partial charge on any atom is 0.325 e. The topological polar surface area (TPSA) is 65.1 Å². The summed E-state index contributed by atoms with van der Waals surface area (Å²) in [6, 6.07) is 0. The molecular formula is C10H15NO5. The van der Waals surface area contributed by atoms with Crippen LogP contribution in [0.25, 0.3) is 0 Å². The normalized spacial score (nSPS) is 14.2. The first-order chi connectivity index (χ1) is 7.65. The van der Waals surface area contributed by atoms with Gasteiger partial charge in [-0.15, -0.1) is 0 Å². The van der Waals surface area contributed by atoms with Crippen LogP contribution in [0.2, 0.25) is 0 Å². The first-order valence-corrected chi connectivity index (χ1v) is 5.00. The van der Waals surface area contributed by atoms with Crippen molar-refractivity contribution in [2.75, 3.05) is 33.4 Å². The highest BCUT2D eigenvalue weighted by atomic mass is 16.6. The van der Waals surface area contributed by atoms with Gasteiger partial charge in [0, 0.05) is 7.05 Å². The molecule has 0 aromatic rings. The number of carbonyl (C=O) groups excluding carboxylic acids is 2. The smallest absolute Gasteiger partial charge is 0.325 e. The molecule has 0 atom stereocenters. The fourth-order valence-corrected chi connectivity index (χ4v) is 1.14. The van der Waals surface area contributed by atoms with Gasteiger partial charge in [-0.3, -0.25) is 9.59 Å². The Morgan fingerprint density at radius 2 is 2.25 bits per heavy atom. The average Bonchev–Trinajstić information content (AvgIpc) is 2.29. The fraction of sp³-hybridized carbons (Fsp3) is 0.600. The van der Waals surface area contributed by atoms with Crippen LogP contribution in [0.15, 0.2) is 12.0 Å². The molecule has 90 valence electrons. The largest absolute Gasteiger partial charge is 0.494 e. The zero-order valence-corrected chi connectivity index (χ0v) is 9.39. The molecule has 0 fully saturated rings. The Morgan fingerprint density at radius 3 is 2.81 bits per heavy atom. The van der Waals surface area contributed by atoms with Crippen molar-refractivity contribution in [3.05, 3.63) is 12.0 Å². The van der Waals surface area contributed by atoms with Crippen LogP contribution in [0, 0.1) is 0 Å². The van der Waals surface area contributed by atoms with Crippen molar-refractivity contribution in [2.24, 2.45) is 0 Å². The zero-order chi connectivity index (χ0) is 12.0. The molecule has 0 spiro atoms. The van der Waals surface area contributed by atoms with Crippen molar-refractivity contribution < 1.29 is 23.8 Å². The number of ether oxygens (including phenoxy) is 3. The summed E-state index contributed by atoms with van der Waals surface area (Å²) < 4.78 is 14.8. The molecule has 0 aromatic carbocycles. The average molecular weight is 229 g/mol. The molecule has 1 rings (SSSR count). The van der Waals surface area contributed by atoms with Gasteiger partial charge in [0.05, 0.1) is 6.61 Å².